The highest BCUT2D eigenvalue weighted by molar-refractivity contribution is 6.29. The molecule has 1 aromatic carbocycles. The van der Waals surface area contributed by atoms with E-state index in [1.807, 2.05) is 0 Å². The largest absolute Gasteiger partial charge is 0.383 e. The molecule has 0 unspecified atom stereocenters. The van der Waals surface area contributed by atoms with E-state index in [9.17, 15) is 9.18 Å². The minimum absolute atomic E-state index is 0.0128. The van der Waals surface area contributed by atoms with Gasteiger partial charge in [-0.3, -0.25) is 4.79 Å². The van der Waals surface area contributed by atoms with Crippen LogP contribution in [0, 0.1) is 12.7 Å². The Kier molecular flexibility index (Phi) is 3.66. The molecule has 0 saturated carbocycles. The number of nitrogen functional groups attached to an aromatic ring is 1. The first-order valence-corrected chi connectivity index (χ1v) is 5.85. The van der Waals surface area contributed by atoms with E-state index in [2.05, 4.69) is 10.3 Å². The van der Waals surface area contributed by atoms with Gasteiger partial charge in [-0.2, -0.15) is 0 Å². The van der Waals surface area contributed by atoms with Crippen molar-refractivity contribution >= 4 is 29.0 Å². The molecule has 2 rings (SSSR count). The number of carbonyl (C=O) groups excluding carboxylic acids is 1. The van der Waals surface area contributed by atoms with Crippen LogP contribution in [0.2, 0.25) is 5.15 Å². The lowest BCUT2D eigenvalue weighted by Crippen LogP contribution is -2.17. The van der Waals surface area contributed by atoms with Crippen LogP contribution in [0.15, 0.2) is 30.3 Å². The molecule has 2 aromatic rings. The van der Waals surface area contributed by atoms with Gasteiger partial charge in [0.25, 0.3) is 5.91 Å². The van der Waals surface area contributed by atoms with Gasteiger partial charge in [-0.15, -0.1) is 0 Å². The summed E-state index contributed by atoms with van der Waals surface area (Å²) in [4.78, 5) is 15.9. The molecule has 1 aromatic heterocycles. The third-order valence-corrected chi connectivity index (χ3v) is 2.76. The lowest BCUT2D eigenvalue weighted by Gasteiger charge is -2.10. The quantitative estimate of drug-likeness (QED) is 0.830. The van der Waals surface area contributed by atoms with Crippen molar-refractivity contribution in [3.8, 4) is 0 Å². The lowest BCUT2D eigenvalue weighted by atomic mass is 10.1. The van der Waals surface area contributed by atoms with Crippen LogP contribution in [0.4, 0.5) is 15.9 Å². The maximum Gasteiger partial charge on any atom is 0.259 e. The Balaban J connectivity index is 2.34. The molecule has 0 aliphatic carbocycles. The minimum atomic E-state index is -0.524. The first-order valence-electron chi connectivity index (χ1n) is 5.47. The molecule has 19 heavy (non-hydrogen) atoms. The topological polar surface area (TPSA) is 68.0 Å². The molecule has 0 aliphatic rings. The van der Waals surface area contributed by atoms with E-state index >= 15 is 0 Å². The monoisotopic (exact) mass is 279 g/mol. The smallest absolute Gasteiger partial charge is 0.259 e. The van der Waals surface area contributed by atoms with E-state index in [4.69, 9.17) is 17.3 Å². The first-order chi connectivity index (χ1) is 8.99. The zero-order valence-corrected chi connectivity index (χ0v) is 10.8. The standard InChI is InChI=1S/C13H11ClFN3O/c1-7-6-10(14)18-12(16)11(7)13(19)17-9-5-3-2-4-8(9)15/h2-6H,1H3,(H2,16,18)(H,17,19). The molecule has 98 valence electrons. The summed E-state index contributed by atoms with van der Waals surface area (Å²) in [6.45, 7) is 1.68. The van der Waals surface area contributed by atoms with Gasteiger partial charge < -0.3 is 11.1 Å². The summed E-state index contributed by atoms with van der Waals surface area (Å²) in [6.07, 6.45) is 0. The molecule has 0 fully saturated rings. The summed E-state index contributed by atoms with van der Waals surface area (Å²) >= 11 is 5.73. The fourth-order valence-electron chi connectivity index (χ4n) is 1.70. The Morgan fingerprint density at radius 1 is 1.42 bits per heavy atom. The summed E-state index contributed by atoms with van der Waals surface area (Å²) < 4.78 is 13.4. The number of halogens is 2. The van der Waals surface area contributed by atoms with Gasteiger partial charge in [-0.1, -0.05) is 23.7 Å². The summed E-state index contributed by atoms with van der Waals surface area (Å²) in [5, 5.41) is 2.66. The van der Waals surface area contributed by atoms with Crippen molar-refractivity contribution in [2.75, 3.05) is 11.1 Å². The number of anilines is 2. The molecule has 0 atom stereocenters. The molecular formula is C13H11ClFN3O. The van der Waals surface area contributed by atoms with E-state index in [0.717, 1.165) is 0 Å². The number of hydrogen-bond acceptors (Lipinski definition) is 3. The van der Waals surface area contributed by atoms with Crippen molar-refractivity contribution in [2.45, 2.75) is 6.92 Å². The number of nitrogens with zero attached hydrogens (tertiary/aromatic N) is 1. The van der Waals surface area contributed by atoms with Crippen LogP contribution >= 0.6 is 11.6 Å². The fraction of sp³-hybridized carbons (Fsp3) is 0.0769. The van der Waals surface area contributed by atoms with Crippen LogP contribution in [0.25, 0.3) is 0 Å². The number of amides is 1. The van der Waals surface area contributed by atoms with Crippen molar-refractivity contribution in [3.63, 3.8) is 0 Å². The second-order valence-electron chi connectivity index (χ2n) is 3.96. The molecule has 6 heteroatoms. The Morgan fingerprint density at radius 2 is 2.11 bits per heavy atom. The number of rotatable bonds is 2. The van der Waals surface area contributed by atoms with E-state index in [1.54, 1.807) is 13.0 Å². The van der Waals surface area contributed by atoms with Crippen molar-refractivity contribution in [3.05, 3.63) is 52.4 Å². The average molecular weight is 280 g/mol. The summed E-state index contributed by atoms with van der Waals surface area (Å²) in [6, 6.07) is 7.39. The van der Waals surface area contributed by atoms with E-state index in [0.29, 0.717) is 5.56 Å². The van der Waals surface area contributed by atoms with Crippen molar-refractivity contribution in [1.82, 2.24) is 4.98 Å². The third kappa shape index (κ3) is 2.82. The van der Waals surface area contributed by atoms with Gasteiger partial charge in [0, 0.05) is 0 Å². The number of para-hydroxylation sites is 1. The lowest BCUT2D eigenvalue weighted by molar-refractivity contribution is 0.102. The summed E-state index contributed by atoms with van der Waals surface area (Å²) in [7, 11) is 0. The van der Waals surface area contributed by atoms with Gasteiger partial charge in [0.2, 0.25) is 0 Å². The van der Waals surface area contributed by atoms with Gasteiger partial charge in [-0.05, 0) is 30.7 Å². The second-order valence-corrected chi connectivity index (χ2v) is 4.34. The summed E-state index contributed by atoms with van der Waals surface area (Å²) in [5.41, 5.74) is 6.51. The van der Waals surface area contributed by atoms with Crippen LogP contribution < -0.4 is 11.1 Å². The molecule has 4 nitrogen and oxygen atoms in total. The van der Waals surface area contributed by atoms with E-state index < -0.39 is 11.7 Å². The minimum Gasteiger partial charge on any atom is -0.383 e. The van der Waals surface area contributed by atoms with Crippen molar-refractivity contribution < 1.29 is 9.18 Å². The van der Waals surface area contributed by atoms with Crippen LogP contribution in [-0.2, 0) is 0 Å². The SMILES string of the molecule is Cc1cc(Cl)nc(N)c1C(=O)Nc1ccccc1F. The predicted octanol–water partition coefficient (Wildman–Crippen LogP) is 3.02. The Morgan fingerprint density at radius 3 is 2.74 bits per heavy atom. The number of carbonyl (C=O) groups is 1. The van der Waals surface area contributed by atoms with Crippen molar-refractivity contribution in [1.29, 1.82) is 0 Å². The van der Waals surface area contributed by atoms with Crippen LogP contribution in [0.1, 0.15) is 15.9 Å². The molecule has 0 radical (unpaired) electrons. The van der Waals surface area contributed by atoms with E-state index in [1.165, 1.54) is 24.3 Å². The number of nitrogens with one attached hydrogen (secondary N) is 1. The maximum atomic E-state index is 13.4. The summed E-state index contributed by atoms with van der Waals surface area (Å²) in [5.74, 6) is -1.03. The third-order valence-electron chi connectivity index (χ3n) is 2.56. The average Bonchev–Trinajstić information content (AvgIpc) is 2.30. The molecule has 3 N–H and O–H groups in total. The predicted molar refractivity (Wildman–Crippen MR) is 72.7 cm³/mol. The molecule has 0 aliphatic heterocycles. The van der Waals surface area contributed by atoms with Gasteiger partial charge in [0.05, 0.1) is 11.3 Å². The first kappa shape index (κ1) is 13.3. The molecule has 1 heterocycles. The number of hydrogen-bond donors (Lipinski definition) is 2. The highest BCUT2D eigenvalue weighted by Gasteiger charge is 2.16. The molecular weight excluding hydrogens is 269 g/mol. The molecule has 0 saturated heterocycles. The zero-order chi connectivity index (χ0) is 14.0. The van der Waals surface area contributed by atoms with Gasteiger partial charge in [0.15, 0.2) is 0 Å². The van der Waals surface area contributed by atoms with Gasteiger partial charge >= 0.3 is 0 Å². The van der Waals surface area contributed by atoms with E-state index in [-0.39, 0.29) is 22.2 Å². The molecule has 0 bridgehead atoms. The van der Waals surface area contributed by atoms with Crippen LogP contribution in [-0.4, -0.2) is 10.9 Å². The van der Waals surface area contributed by atoms with Crippen molar-refractivity contribution in [2.24, 2.45) is 0 Å². The Bertz CT molecular complexity index is 623. The normalized spacial score (nSPS) is 10.3. The second kappa shape index (κ2) is 5.24. The fourth-order valence-corrected chi connectivity index (χ4v) is 1.95. The number of nitrogens with two attached hydrogens (primary N) is 1. The maximum absolute atomic E-state index is 13.4. The van der Waals surface area contributed by atoms with Crippen LogP contribution in [0.5, 0.6) is 0 Å². The number of pyridine rings is 1. The van der Waals surface area contributed by atoms with Gasteiger partial charge in [-0.25, -0.2) is 9.37 Å². The van der Waals surface area contributed by atoms with Crippen LogP contribution in [0.3, 0.4) is 0 Å². The highest BCUT2D eigenvalue weighted by atomic mass is 35.5. The number of aromatic nitrogens is 1. The Labute approximate surface area is 114 Å². The zero-order valence-electron chi connectivity index (χ0n) is 10.1. The number of benzene rings is 1. The number of aryl methyl sites for hydroxylation is 1. The van der Waals surface area contributed by atoms with Gasteiger partial charge in [0.1, 0.15) is 16.8 Å². The molecule has 1 amide bonds. The Hall–Kier alpha value is -2.14. The highest BCUT2D eigenvalue weighted by Crippen LogP contribution is 2.21. The molecule has 0 spiro atoms.